The lowest BCUT2D eigenvalue weighted by Gasteiger charge is -2.05. The molecule has 0 radical (unpaired) electrons. The number of hydrogen-bond acceptors (Lipinski definition) is 3. The summed E-state index contributed by atoms with van der Waals surface area (Å²) < 4.78 is 6.97. The van der Waals surface area contributed by atoms with Crippen LogP contribution in [0.25, 0.3) is 10.9 Å². The molecule has 1 atom stereocenters. The van der Waals surface area contributed by atoms with E-state index in [9.17, 15) is 5.11 Å². The summed E-state index contributed by atoms with van der Waals surface area (Å²) in [4.78, 5) is 0. The Labute approximate surface area is 111 Å². The Balaban J connectivity index is 1.97. The van der Waals surface area contributed by atoms with Crippen LogP contribution in [0.3, 0.4) is 0 Å². The largest absolute Gasteiger partial charge is 0.472 e. The van der Waals surface area contributed by atoms with Crippen molar-refractivity contribution in [1.82, 2.24) is 9.78 Å². The number of rotatable bonds is 4. The molecule has 0 aliphatic carbocycles. The zero-order valence-electron chi connectivity index (χ0n) is 10.8. The molecule has 1 unspecified atom stereocenters. The zero-order valence-corrected chi connectivity index (χ0v) is 10.8. The Bertz CT molecular complexity index is 671. The van der Waals surface area contributed by atoms with Crippen LogP contribution >= 0.6 is 0 Å². The number of aromatic nitrogens is 2. The lowest BCUT2D eigenvalue weighted by molar-refractivity contribution is 0.176. The summed E-state index contributed by atoms with van der Waals surface area (Å²) in [5, 5.41) is 15.9. The van der Waals surface area contributed by atoms with E-state index in [0.717, 1.165) is 28.7 Å². The topological polar surface area (TPSA) is 51.2 Å². The molecule has 4 heteroatoms. The minimum absolute atomic E-state index is 0.493. The molecule has 0 aliphatic rings. The fourth-order valence-electron chi connectivity index (χ4n) is 2.35. The molecule has 3 rings (SSSR count). The van der Waals surface area contributed by atoms with Crippen molar-refractivity contribution in [2.45, 2.75) is 26.0 Å². The molecule has 4 nitrogen and oxygen atoms in total. The Morgan fingerprint density at radius 2 is 2.16 bits per heavy atom. The molecule has 2 aromatic heterocycles. The van der Waals surface area contributed by atoms with Crippen molar-refractivity contribution in [1.29, 1.82) is 0 Å². The van der Waals surface area contributed by atoms with Crippen molar-refractivity contribution in [3.63, 3.8) is 0 Å². The second-order valence-corrected chi connectivity index (χ2v) is 4.56. The lowest BCUT2D eigenvalue weighted by Crippen LogP contribution is -2.03. The standard InChI is InChI=1S/C15H16N2O2/c1-2-17-14-6-4-3-5-12(14)13(16-17)9-15(18)11-7-8-19-10-11/h3-8,10,15,18H,2,9H2,1H3. The number of fused-ring (bicyclic) bond motifs is 1. The van der Waals surface area contributed by atoms with Crippen LogP contribution in [0.2, 0.25) is 0 Å². The van der Waals surface area contributed by atoms with E-state index < -0.39 is 6.10 Å². The van der Waals surface area contributed by atoms with E-state index in [4.69, 9.17) is 4.42 Å². The number of nitrogens with zero attached hydrogens (tertiary/aromatic N) is 2. The van der Waals surface area contributed by atoms with Crippen molar-refractivity contribution in [3.8, 4) is 0 Å². The van der Waals surface area contributed by atoms with Gasteiger partial charge >= 0.3 is 0 Å². The molecule has 3 aromatic rings. The van der Waals surface area contributed by atoms with E-state index in [1.165, 1.54) is 0 Å². The first-order valence-corrected chi connectivity index (χ1v) is 6.44. The number of para-hydroxylation sites is 1. The summed E-state index contributed by atoms with van der Waals surface area (Å²) in [6.45, 7) is 2.89. The van der Waals surface area contributed by atoms with Gasteiger partial charge in [0.15, 0.2) is 0 Å². The van der Waals surface area contributed by atoms with Gasteiger partial charge in [-0.15, -0.1) is 0 Å². The number of aryl methyl sites for hydroxylation is 1. The molecular formula is C15H16N2O2. The van der Waals surface area contributed by atoms with Crippen molar-refractivity contribution in [2.24, 2.45) is 0 Å². The van der Waals surface area contributed by atoms with Crippen molar-refractivity contribution >= 4 is 10.9 Å². The van der Waals surface area contributed by atoms with Gasteiger partial charge < -0.3 is 9.52 Å². The molecule has 2 heterocycles. The lowest BCUT2D eigenvalue weighted by atomic mass is 10.1. The number of benzene rings is 1. The van der Waals surface area contributed by atoms with E-state index >= 15 is 0 Å². The molecule has 0 bridgehead atoms. The summed E-state index contributed by atoms with van der Waals surface area (Å²) >= 11 is 0. The van der Waals surface area contributed by atoms with Crippen LogP contribution in [-0.2, 0) is 13.0 Å². The van der Waals surface area contributed by atoms with Gasteiger partial charge in [-0.25, -0.2) is 0 Å². The number of hydrogen-bond donors (Lipinski definition) is 1. The normalized spacial score (nSPS) is 12.9. The van der Waals surface area contributed by atoms with Gasteiger partial charge in [0.1, 0.15) is 0 Å². The molecule has 0 amide bonds. The van der Waals surface area contributed by atoms with E-state index in [-0.39, 0.29) is 0 Å². The minimum Gasteiger partial charge on any atom is -0.472 e. The number of aliphatic hydroxyl groups excluding tert-OH is 1. The van der Waals surface area contributed by atoms with Crippen LogP contribution in [0.5, 0.6) is 0 Å². The second-order valence-electron chi connectivity index (χ2n) is 4.56. The first-order valence-electron chi connectivity index (χ1n) is 6.44. The fraction of sp³-hybridized carbons (Fsp3) is 0.267. The van der Waals surface area contributed by atoms with Crippen molar-refractivity contribution < 1.29 is 9.52 Å². The highest BCUT2D eigenvalue weighted by atomic mass is 16.3. The first-order chi connectivity index (χ1) is 9.29. The monoisotopic (exact) mass is 256 g/mol. The highest BCUT2D eigenvalue weighted by Gasteiger charge is 2.15. The molecule has 0 saturated carbocycles. The molecule has 98 valence electrons. The van der Waals surface area contributed by atoms with E-state index in [0.29, 0.717) is 6.42 Å². The predicted molar refractivity (Wildman–Crippen MR) is 72.8 cm³/mol. The van der Waals surface area contributed by atoms with Gasteiger partial charge in [-0.3, -0.25) is 4.68 Å². The van der Waals surface area contributed by atoms with Gasteiger partial charge in [0.2, 0.25) is 0 Å². The molecule has 19 heavy (non-hydrogen) atoms. The van der Waals surface area contributed by atoms with Crippen LogP contribution in [0.15, 0.2) is 47.3 Å². The van der Waals surface area contributed by atoms with Gasteiger partial charge in [-0.05, 0) is 19.1 Å². The van der Waals surface area contributed by atoms with Crippen molar-refractivity contribution in [3.05, 3.63) is 54.1 Å². The van der Waals surface area contributed by atoms with Crippen LogP contribution in [0, 0.1) is 0 Å². The van der Waals surface area contributed by atoms with Gasteiger partial charge in [0.05, 0.1) is 29.8 Å². The van der Waals surface area contributed by atoms with Gasteiger partial charge in [-0.2, -0.15) is 5.10 Å². The fourth-order valence-corrected chi connectivity index (χ4v) is 2.35. The number of furan rings is 1. The SMILES string of the molecule is CCn1nc(CC(O)c2ccoc2)c2ccccc21. The summed E-state index contributed by atoms with van der Waals surface area (Å²) in [5.41, 5.74) is 2.82. The molecule has 0 spiro atoms. The summed E-state index contributed by atoms with van der Waals surface area (Å²) in [7, 11) is 0. The zero-order chi connectivity index (χ0) is 13.2. The molecule has 1 aromatic carbocycles. The Hall–Kier alpha value is -2.07. The van der Waals surface area contributed by atoms with E-state index in [1.54, 1.807) is 18.6 Å². The highest BCUT2D eigenvalue weighted by Crippen LogP contribution is 2.24. The predicted octanol–water partition coefficient (Wildman–Crippen LogP) is 2.93. The second kappa shape index (κ2) is 4.90. The Morgan fingerprint density at radius 1 is 1.32 bits per heavy atom. The summed E-state index contributed by atoms with van der Waals surface area (Å²) in [6.07, 6.45) is 3.06. The first kappa shape index (κ1) is 12.0. The van der Waals surface area contributed by atoms with Gasteiger partial charge in [0.25, 0.3) is 0 Å². The maximum Gasteiger partial charge on any atom is 0.0960 e. The van der Waals surface area contributed by atoms with Gasteiger partial charge in [0, 0.05) is 23.9 Å². The third-order valence-electron chi connectivity index (χ3n) is 3.35. The molecule has 0 saturated heterocycles. The molecule has 0 fully saturated rings. The summed E-state index contributed by atoms with van der Waals surface area (Å²) in [5.74, 6) is 0. The Morgan fingerprint density at radius 3 is 2.89 bits per heavy atom. The quantitative estimate of drug-likeness (QED) is 0.780. The smallest absolute Gasteiger partial charge is 0.0960 e. The highest BCUT2D eigenvalue weighted by molar-refractivity contribution is 5.82. The Kier molecular flexibility index (Phi) is 3.09. The van der Waals surface area contributed by atoms with Gasteiger partial charge in [-0.1, -0.05) is 18.2 Å². The number of aliphatic hydroxyl groups is 1. The van der Waals surface area contributed by atoms with E-state index in [1.807, 2.05) is 22.9 Å². The molecular weight excluding hydrogens is 240 g/mol. The van der Waals surface area contributed by atoms with Crippen molar-refractivity contribution in [2.75, 3.05) is 0 Å². The maximum atomic E-state index is 10.2. The summed E-state index contributed by atoms with van der Waals surface area (Å²) in [6, 6.07) is 9.89. The van der Waals surface area contributed by atoms with Crippen LogP contribution in [-0.4, -0.2) is 14.9 Å². The third kappa shape index (κ3) is 2.15. The van der Waals surface area contributed by atoms with Crippen LogP contribution < -0.4 is 0 Å². The van der Waals surface area contributed by atoms with Crippen LogP contribution in [0.4, 0.5) is 0 Å². The van der Waals surface area contributed by atoms with E-state index in [2.05, 4.69) is 18.1 Å². The maximum absolute atomic E-state index is 10.2. The average molecular weight is 256 g/mol. The average Bonchev–Trinajstić information content (AvgIpc) is 3.07. The molecule has 1 N–H and O–H groups in total. The van der Waals surface area contributed by atoms with Crippen LogP contribution in [0.1, 0.15) is 24.3 Å². The molecule has 0 aliphatic heterocycles. The third-order valence-corrected chi connectivity index (χ3v) is 3.35. The minimum atomic E-state index is -0.581.